The quantitative estimate of drug-likeness (QED) is 0.454. The molecule has 30 heavy (non-hydrogen) atoms. The largest absolute Gasteiger partial charge is 0.481 e. The van der Waals surface area contributed by atoms with Crippen molar-refractivity contribution in [2.45, 2.75) is 13.0 Å². The molecule has 11 heteroatoms. The van der Waals surface area contributed by atoms with Crippen molar-refractivity contribution in [2.75, 3.05) is 7.11 Å². The molecule has 0 bridgehead atoms. The van der Waals surface area contributed by atoms with Crippen molar-refractivity contribution in [2.24, 2.45) is 12.8 Å². The van der Waals surface area contributed by atoms with Crippen molar-refractivity contribution in [3.05, 3.63) is 57.5 Å². The Hall–Kier alpha value is -3.60. The molecule has 4 rings (SSSR count). The zero-order valence-electron chi connectivity index (χ0n) is 16.2. The molecule has 154 valence electrons. The first kappa shape index (κ1) is 19.7. The van der Waals surface area contributed by atoms with Gasteiger partial charge in [0.2, 0.25) is 5.88 Å². The van der Waals surface area contributed by atoms with E-state index in [0.29, 0.717) is 27.4 Å². The van der Waals surface area contributed by atoms with Gasteiger partial charge in [-0.3, -0.25) is 4.79 Å². The van der Waals surface area contributed by atoms with E-state index in [9.17, 15) is 9.18 Å². The van der Waals surface area contributed by atoms with Crippen LogP contribution in [-0.2, 0) is 20.0 Å². The number of aromatic nitrogens is 5. The summed E-state index contributed by atoms with van der Waals surface area (Å²) in [7, 11) is 3.27. The van der Waals surface area contributed by atoms with E-state index in [4.69, 9.17) is 15.9 Å². The van der Waals surface area contributed by atoms with E-state index < -0.39 is 5.83 Å². The van der Waals surface area contributed by atoms with E-state index in [1.54, 1.807) is 30.1 Å². The Balaban J connectivity index is 1.76. The number of pyridine rings is 1. The number of fused-ring (bicyclic) bond motifs is 3. The van der Waals surface area contributed by atoms with Crippen molar-refractivity contribution >= 4 is 38.3 Å². The molecule has 0 aliphatic carbocycles. The van der Waals surface area contributed by atoms with Crippen molar-refractivity contribution in [3.8, 4) is 5.88 Å². The van der Waals surface area contributed by atoms with Crippen LogP contribution in [0, 0.1) is 5.41 Å². The molecule has 9 nitrogen and oxygen atoms in total. The number of halogens is 1. The van der Waals surface area contributed by atoms with Crippen molar-refractivity contribution in [1.29, 1.82) is 5.41 Å². The van der Waals surface area contributed by atoms with Crippen molar-refractivity contribution in [1.82, 2.24) is 24.3 Å². The van der Waals surface area contributed by atoms with Gasteiger partial charge in [-0.2, -0.15) is 5.10 Å². The third kappa shape index (κ3) is 3.22. The van der Waals surface area contributed by atoms with E-state index in [0.717, 1.165) is 16.5 Å². The number of nitrogens with one attached hydrogen (secondary N) is 1. The van der Waals surface area contributed by atoms with Gasteiger partial charge in [0.05, 0.1) is 30.3 Å². The maximum Gasteiger partial charge on any atom is 0.291 e. The van der Waals surface area contributed by atoms with E-state index >= 15 is 0 Å². The van der Waals surface area contributed by atoms with Gasteiger partial charge in [-0.15, -0.1) is 11.3 Å². The first-order valence-electron chi connectivity index (χ1n) is 8.91. The molecule has 0 atom stereocenters. The number of methoxy groups -OCH3 is 1. The first-order chi connectivity index (χ1) is 14.4. The average Bonchev–Trinajstić information content (AvgIpc) is 3.28. The van der Waals surface area contributed by atoms with Crippen LogP contribution in [0.15, 0.2) is 41.3 Å². The zero-order valence-corrected chi connectivity index (χ0v) is 17.0. The predicted molar refractivity (Wildman–Crippen MR) is 113 cm³/mol. The van der Waals surface area contributed by atoms with Crippen molar-refractivity contribution < 1.29 is 9.13 Å². The van der Waals surface area contributed by atoms with Gasteiger partial charge >= 0.3 is 0 Å². The van der Waals surface area contributed by atoms with Crippen LogP contribution in [0.3, 0.4) is 0 Å². The number of nitrogens with zero attached hydrogens (tertiary/aromatic N) is 5. The van der Waals surface area contributed by atoms with Crippen LogP contribution in [0.25, 0.3) is 21.3 Å². The molecular formula is C19H18FN7O2S. The lowest BCUT2D eigenvalue weighted by atomic mass is 10.2. The fourth-order valence-corrected chi connectivity index (χ4v) is 4.36. The fraction of sp³-hybridized carbons (Fsp3) is 0.211. The Morgan fingerprint density at radius 1 is 1.47 bits per heavy atom. The monoisotopic (exact) mass is 427 g/mol. The zero-order chi connectivity index (χ0) is 21.4. The normalized spacial score (nSPS) is 12.0. The van der Waals surface area contributed by atoms with Crippen LogP contribution >= 0.6 is 11.3 Å². The lowest BCUT2D eigenvalue weighted by molar-refractivity contribution is 0.389. The second kappa shape index (κ2) is 7.67. The van der Waals surface area contributed by atoms with Gasteiger partial charge in [-0.25, -0.2) is 19.0 Å². The van der Waals surface area contributed by atoms with Gasteiger partial charge in [-0.1, -0.05) is 6.07 Å². The third-order valence-corrected chi connectivity index (χ3v) is 5.77. The van der Waals surface area contributed by atoms with Gasteiger partial charge in [0.15, 0.2) is 11.5 Å². The maximum atomic E-state index is 13.5. The average molecular weight is 427 g/mol. The standard InChI is InChI=1S/C19H18FN7O2S/c1-26-15-11(16-17(26)25-14(30-16)6-13(22)12(20)7-21)8-24-27(19(15)28)9-10-4-3-5-23-18(10)29-2/h3-5,7-8,22H,6,9,21H2,1-2H3/b12-7+,22-13?. The number of thiazole rings is 1. The van der Waals surface area contributed by atoms with Gasteiger partial charge in [0, 0.05) is 36.8 Å². The lowest BCUT2D eigenvalue weighted by Gasteiger charge is -2.08. The summed E-state index contributed by atoms with van der Waals surface area (Å²) in [6.07, 6.45) is 4.01. The summed E-state index contributed by atoms with van der Waals surface area (Å²) in [5.74, 6) is -0.346. The molecule has 3 N–H and O–H groups in total. The highest BCUT2D eigenvalue weighted by Gasteiger charge is 2.19. The van der Waals surface area contributed by atoms with Crippen LogP contribution in [0.1, 0.15) is 10.6 Å². The number of allylic oxidation sites excluding steroid dienone is 1. The van der Waals surface area contributed by atoms with Gasteiger partial charge < -0.3 is 20.4 Å². The summed E-state index contributed by atoms with van der Waals surface area (Å²) in [4.78, 5) is 21.7. The Morgan fingerprint density at radius 3 is 3.00 bits per heavy atom. The molecule has 0 aromatic carbocycles. The van der Waals surface area contributed by atoms with E-state index in [2.05, 4.69) is 15.1 Å². The summed E-state index contributed by atoms with van der Waals surface area (Å²) < 4.78 is 22.5. The lowest BCUT2D eigenvalue weighted by Crippen LogP contribution is -2.24. The van der Waals surface area contributed by atoms with E-state index in [1.807, 2.05) is 6.07 Å². The molecule has 0 unspecified atom stereocenters. The second-order valence-corrected chi connectivity index (χ2v) is 7.61. The smallest absolute Gasteiger partial charge is 0.291 e. The molecule has 0 amide bonds. The molecule has 0 aliphatic heterocycles. The van der Waals surface area contributed by atoms with Crippen LogP contribution in [0.2, 0.25) is 0 Å². The third-order valence-electron chi connectivity index (χ3n) is 4.70. The highest BCUT2D eigenvalue weighted by atomic mass is 32.1. The van der Waals surface area contributed by atoms with Gasteiger partial charge in [-0.05, 0) is 6.07 Å². The molecule has 0 aliphatic rings. The van der Waals surface area contributed by atoms with Crippen LogP contribution in [-0.4, -0.2) is 37.1 Å². The minimum atomic E-state index is -0.783. The molecule has 4 aromatic heterocycles. The van der Waals surface area contributed by atoms with E-state index in [1.165, 1.54) is 23.1 Å². The molecular weight excluding hydrogens is 409 g/mol. The van der Waals surface area contributed by atoms with Crippen molar-refractivity contribution in [3.63, 3.8) is 0 Å². The highest BCUT2D eigenvalue weighted by molar-refractivity contribution is 7.19. The van der Waals surface area contributed by atoms with Crippen LogP contribution in [0.5, 0.6) is 5.88 Å². The second-order valence-electron chi connectivity index (χ2n) is 6.53. The maximum absolute atomic E-state index is 13.5. The van der Waals surface area contributed by atoms with E-state index in [-0.39, 0.29) is 24.2 Å². The fourth-order valence-electron chi connectivity index (χ4n) is 3.25. The van der Waals surface area contributed by atoms with Gasteiger partial charge in [0.1, 0.15) is 10.5 Å². The van der Waals surface area contributed by atoms with Crippen LogP contribution < -0.4 is 16.0 Å². The molecule has 4 aromatic rings. The Bertz CT molecular complexity index is 1370. The topological polar surface area (TPSA) is 125 Å². The minimum absolute atomic E-state index is 0.0195. The molecule has 4 heterocycles. The number of nitrogens with two attached hydrogens (primary N) is 1. The molecule has 0 spiro atoms. The summed E-state index contributed by atoms with van der Waals surface area (Å²) in [5, 5.41) is 13.3. The van der Waals surface area contributed by atoms with Crippen LogP contribution in [0.4, 0.5) is 4.39 Å². The number of hydrogen-bond donors (Lipinski definition) is 2. The summed E-state index contributed by atoms with van der Waals surface area (Å²) in [5.41, 5.74) is 6.41. The summed E-state index contributed by atoms with van der Waals surface area (Å²) >= 11 is 1.30. The minimum Gasteiger partial charge on any atom is -0.481 e. The summed E-state index contributed by atoms with van der Waals surface area (Å²) in [6, 6.07) is 3.59. The number of aryl methyl sites for hydroxylation is 1. The van der Waals surface area contributed by atoms with Gasteiger partial charge in [0.25, 0.3) is 5.56 Å². The highest BCUT2D eigenvalue weighted by Crippen LogP contribution is 2.31. The number of rotatable bonds is 6. The molecule has 0 saturated carbocycles. The SMILES string of the molecule is COc1ncccc1Cn1ncc2c3sc(CC(=N)/C(F)=C\N)nc3n(C)c2c1=O. The molecule has 0 radical (unpaired) electrons. The Morgan fingerprint density at radius 2 is 2.27 bits per heavy atom. The molecule has 0 fully saturated rings. The predicted octanol–water partition coefficient (Wildman–Crippen LogP) is 2.13. The Kier molecular flexibility index (Phi) is 5.04. The first-order valence-corrected chi connectivity index (χ1v) is 9.73. The number of hydrogen-bond acceptors (Lipinski definition) is 8. The Labute approximate surface area is 173 Å². The molecule has 0 saturated heterocycles. The number of ether oxygens (including phenoxy) is 1. The summed E-state index contributed by atoms with van der Waals surface area (Å²) in [6.45, 7) is 0.213.